The van der Waals surface area contributed by atoms with E-state index in [1.165, 1.54) is 5.57 Å². The van der Waals surface area contributed by atoms with Gasteiger partial charge in [0.15, 0.2) is 0 Å². The first-order valence-corrected chi connectivity index (χ1v) is 4.20. The summed E-state index contributed by atoms with van der Waals surface area (Å²) in [6.07, 6.45) is 12.9. The van der Waals surface area contributed by atoms with E-state index in [1.807, 2.05) is 6.08 Å². The smallest absolute Gasteiger partial charge is 0.269 e. The van der Waals surface area contributed by atoms with Crippen molar-refractivity contribution in [1.82, 2.24) is 0 Å². The minimum absolute atomic E-state index is 0. The molecule has 0 bridgehead atoms. The van der Waals surface area contributed by atoms with Crippen molar-refractivity contribution in [2.75, 3.05) is 0 Å². The van der Waals surface area contributed by atoms with Crippen LogP contribution in [0.1, 0.15) is 26.2 Å². The Hall–Kier alpha value is -0.183. The molecule has 0 nitrogen and oxygen atoms in total. The van der Waals surface area contributed by atoms with Gasteiger partial charge < -0.3 is 0 Å². The van der Waals surface area contributed by atoms with Crippen LogP contribution < -0.4 is 18.9 Å². The van der Waals surface area contributed by atoms with Crippen LogP contribution in [-0.4, -0.2) is 0 Å². The van der Waals surface area contributed by atoms with Gasteiger partial charge in [-0.1, -0.05) is 19.4 Å². The van der Waals surface area contributed by atoms with Crippen LogP contribution in [0.5, 0.6) is 0 Å². The van der Waals surface area contributed by atoms with Crippen molar-refractivity contribution in [3.05, 3.63) is 36.5 Å². The van der Waals surface area contributed by atoms with Gasteiger partial charge in [-0.25, -0.2) is 11.6 Å². The number of allylic oxidation sites excluding steroid dienone is 5. The van der Waals surface area contributed by atoms with Crippen LogP contribution in [0.25, 0.3) is 0 Å². The summed E-state index contributed by atoms with van der Waals surface area (Å²) in [5, 5.41) is 0. The van der Waals surface area contributed by atoms with Crippen LogP contribution in [0, 0.1) is 12.0 Å². The molecule has 0 heterocycles. The van der Waals surface area contributed by atoms with Crippen LogP contribution >= 0.6 is 0 Å². The summed E-state index contributed by atoms with van der Waals surface area (Å²) in [6.45, 7) is 5.98. The first-order valence-electron chi connectivity index (χ1n) is 4.20. The second-order valence-corrected chi connectivity index (χ2v) is 3.14. The van der Waals surface area contributed by atoms with Crippen LogP contribution in [-0.2, 0) is 0 Å². The maximum Gasteiger partial charge on any atom is 1.00 e. The molecule has 1 aliphatic rings. The van der Waals surface area contributed by atoms with Crippen LogP contribution in [0.4, 0.5) is 0 Å². The molecule has 0 amide bonds. The zero-order chi connectivity index (χ0) is 8.10. The van der Waals surface area contributed by atoms with Crippen molar-refractivity contribution in [2.45, 2.75) is 26.2 Å². The molecule has 0 aromatic rings. The van der Waals surface area contributed by atoms with E-state index in [0.29, 0.717) is 0 Å². The molecule has 1 rings (SSSR count). The Morgan fingerprint density at radius 1 is 1.75 bits per heavy atom. The largest absolute Gasteiger partial charge is 1.00 e. The zero-order valence-corrected chi connectivity index (χ0v) is 8.14. The van der Waals surface area contributed by atoms with E-state index in [4.69, 9.17) is 0 Å². The van der Waals surface area contributed by atoms with Crippen molar-refractivity contribution >= 4 is 0 Å². The van der Waals surface area contributed by atoms with E-state index in [-0.39, 0.29) is 18.9 Å². The molecule has 0 aliphatic heterocycles. The molecular weight excluding hydrogens is 139 g/mol. The molecule has 0 aromatic carbocycles. The Morgan fingerprint density at radius 3 is 3.00 bits per heavy atom. The summed E-state index contributed by atoms with van der Waals surface area (Å²) in [4.78, 5) is 0. The Bertz CT molecular complexity index is 189. The molecule has 1 unspecified atom stereocenters. The Kier molecular flexibility index (Phi) is 6.25. The van der Waals surface area contributed by atoms with Gasteiger partial charge >= 0.3 is 18.9 Å². The average Bonchev–Trinajstić information content (AvgIpc) is 2.40. The van der Waals surface area contributed by atoms with Gasteiger partial charge in [-0.2, -0.15) is 6.08 Å². The maximum absolute atomic E-state index is 3.73. The van der Waals surface area contributed by atoms with Gasteiger partial charge in [0, 0.05) is 0 Å². The molecule has 0 radical (unpaired) electrons. The molecule has 1 heteroatoms. The van der Waals surface area contributed by atoms with Gasteiger partial charge in [-0.05, 0) is 12.3 Å². The zero-order valence-electron chi connectivity index (χ0n) is 8.14. The summed E-state index contributed by atoms with van der Waals surface area (Å²) in [7, 11) is 0. The third-order valence-corrected chi connectivity index (χ3v) is 1.90. The third kappa shape index (κ3) is 4.00. The van der Waals surface area contributed by atoms with E-state index in [9.17, 15) is 0 Å². The van der Waals surface area contributed by atoms with Crippen molar-refractivity contribution in [3.8, 4) is 0 Å². The van der Waals surface area contributed by atoms with Crippen LogP contribution in [0.2, 0.25) is 0 Å². The molecule has 0 spiro atoms. The van der Waals surface area contributed by atoms with Crippen LogP contribution in [0.15, 0.2) is 30.4 Å². The summed E-state index contributed by atoms with van der Waals surface area (Å²) in [6, 6.07) is 0. The second kappa shape index (κ2) is 6.35. The average molecular weight is 154 g/mol. The summed E-state index contributed by atoms with van der Waals surface area (Å²) in [5.41, 5.74) is 1.37. The van der Waals surface area contributed by atoms with Gasteiger partial charge in [0.25, 0.3) is 0 Å². The normalized spacial score (nSPS) is 16.6. The number of hydrogen-bond acceptors (Lipinski definition) is 0. The van der Waals surface area contributed by atoms with Gasteiger partial charge in [0.1, 0.15) is 0 Å². The summed E-state index contributed by atoms with van der Waals surface area (Å²) in [5.74, 6) is 0.720. The standard InChI is InChI=1S/C11H15.Li/c1-3-6-10(2)9-11-7-4-5-8-11;/h3-4,7,10H,1,5-6,9H2,2H3;/q-1;+1. The fourth-order valence-electron chi connectivity index (χ4n) is 1.33. The topological polar surface area (TPSA) is 0 Å². The fraction of sp³-hybridized carbons (Fsp3) is 0.455. The monoisotopic (exact) mass is 154 g/mol. The maximum atomic E-state index is 3.73. The molecule has 0 fully saturated rings. The number of hydrogen-bond donors (Lipinski definition) is 0. The predicted octanol–water partition coefficient (Wildman–Crippen LogP) is 0.282. The predicted molar refractivity (Wildman–Crippen MR) is 49.1 cm³/mol. The quantitative estimate of drug-likeness (QED) is 0.310. The summed E-state index contributed by atoms with van der Waals surface area (Å²) >= 11 is 0. The molecule has 60 valence electrons. The van der Waals surface area contributed by atoms with Crippen molar-refractivity contribution < 1.29 is 18.9 Å². The molecule has 1 aliphatic carbocycles. The SMILES string of the molecule is C=CCC(C)CC1=[C-]CC=C1.[Li+]. The Labute approximate surface area is 87.6 Å². The van der Waals surface area contributed by atoms with Crippen molar-refractivity contribution in [3.63, 3.8) is 0 Å². The minimum atomic E-state index is 0. The number of rotatable bonds is 4. The Morgan fingerprint density at radius 2 is 2.50 bits per heavy atom. The molecule has 12 heavy (non-hydrogen) atoms. The second-order valence-electron chi connectivity index (χ2n) is 3.14. The molecule has 0 saturated carbocycles. The van der Waals surface area contributed by atoms with E-state index in [2.05, 4.69) is 31.7 Å². The van der Waals surface area contributed by atoms with Crippen LogP contribution in [0.3, 0.4) is 0 Å². The first kappa shape index (κ1) is 11.8. The Balaban J connectivity index is 0.00000121. The third-order valence-electron chi connectivity index (χ3n) is 1.90. The molecule has 0 saturated heterocycles. The van der Waals surface area contributed by atoms with Gasteiger partial charge in [0.2, 0.25) is 0 Å². The fourth-order valence-corrected chi connectivity index (χ4v) is 1.33. The van der Waals surface area contributed by atoms with Crippen molar-refractivity contribution in [2.24, 2.45) is 5.92 Å². The summed E-state index contributed by atoms with van der Waals surface area (Å²) < 4.78 is 0. The van der Waals surface area contributed by atoms with E-state index in [1.54, 1.807) is 0 Å². The van der Waals surface area contributed by atoms with Gasteiger partial charge in [0.05, 0.1) is 0 Å². The van der Waals surface area contributed by atoms with E-state index >= 15 is 0 Å². The van der Waals surface area contributed by atoms with Crippen molar-refractivity contribution in [1.29, 1.82) is 0 Å². The minimum Gasteiger partial charge on any atom is -0.269 e. The molecular formula is C11H15Li. The first-order chi connectivity index (χ1) is 5.33. The van der Waals surface area contributed by atoms with E-state index < -0.39 is 0 Å². The molecule has 1 atom stereocenters. The van der Waals surface area contributed by atoms with Gasteiger partial charge in [-0.3, -0.25) is 6.08 Å². The molecule has 0 N–H and O–H groups in total. The molecule has 0 aromatic heterocycles. The van der Waals surface area contributed by atoms with Gasteiger partial charge in [-0.15, -0.1) is 13.0 Å². The van der Waals surface area contributed by atoms with E-state index in [0.717, 1.165) is 25.2 Å².